The molecule has 1 unspecified atom stereocenters. The van der Waals surface area contributed by atoms with Gasteiger partial charge >= 0.3 is 0 Å². The minimum Gasteiger partial charge on any atom is -0.508 e. The number of nitrogens with zero attached hydrogens (tertiary/aromatic N) is 2. The number of benzene rings is 2. The van der Waals surface area contributed by atoms with E-state index in [1.54, 1.807) is 28.9 Å². The van der Waals surface area contributed by atoms with Gasteiger partial charge in [-0.25, -0.2) is 4.39 Å². The van der Waals surface area contributed by atoms with Gasteiger partial charge in [0.25, 0.3) is 11.8 Å². The molecule has 2 amide bonds. The molecule has 0 aromatic heterocycles. The summed E-state index contributed by atoms with van der Waals surface area (Å²) in [6.45, 7) is 3.58. The molecule has 0 saturated carbocycles. The summed E-state index contributed by atoms with van der Waals surface area (Å²) in [6.07, 6.45) is -0.0196. The van der Waals surface area contributed by atoms with E-state index in [2.05, 4.69) is 0 Å². The fourth-order valence-electron chi connectivity index (χ4n) is 3.15. The molecule has 1 atom stereocenters. The molecule has 6 nitrogen and oxygen atoms in total. The molecule has 1 aliphatic heterocycles. The maximum atomic E-state index is 13.1. The average molecular weight is 386 g/mol. The Balaban J connectivity index is 1.57. The van der Waals surface area contributed by atoms with Crippen LogP contribution in [0.15, 0.2) is 48.5 Å². The Bertz CT molecular complexity index is 823. The lowest BCUT2D eigenvalue weighted by Crippen LogP contribution is -2.43. The molecule has 0 spiro atoms. The number of aromatic hydroxyl groups is 1. The summed E-state index contributed by atoms with van der Waals surface area (Å²) >= 11 is 0. The van der Waals surface area contributed by atoms with Gasteiger partial charge < -0.3 is 19.6 Å². The summed E-state index contributed by atoms with van der Waals surface area (Å²) < 4.78 is 18.7. The molecule has 0 radical (unpaired) electrons. The van der Waals surface area contributed by atoms with E-state index in [0.717, 1.165) is 0 Å². The lowest BCUT2D eigenvalue weighted by molar-refractivity contribution is -0.137. The van der Waals surface area contributed by atoms with E-state index in [1.165, 1.54) is 36.4 Å². The number of carbonyl (C=O) groups is 2. The smallest absolute Gasteiger partial charge is 0.263 e. The van der Waals surface area contributed by atoms with Gasteiger partial charge in [-0.2, -0.15) is 0 Å². The Hall–Kier alpha value is -3.09. The second-order valence-corrected chi connectivity index (χ2v) is 6.73. The number of halogens is 1. The molecular formula is C21H23FN2O4. The van der Waals surface area contributed by atoms with E-state index in [1.807, 2.05) is 0 Å². The quantitative estimate of drug-likeness (QED) is 0.877. The molecule has 0 bridgehead atoms. The Kier molecular flexibility index (Phi) is 6.13. The molecule has 1 fully saturated rings. The summed E-state index contributed by atoms with van der Waals surface area (Å²) in [4.78, 5) is 28.7. The van der Waals surface area contributed by atoms with E-state index < -0.39 is 6.10 Å². The molecule has 1 heterocycles. The van der Waals surface area contributed by atoms with Crippen LogP contribution in [0.5, 0.6) is 11.5 Å². The van der Waals surface area contributed by atoms with Gasteiger partial charge in [0, 0.05) is 31.7 Å². The monoisotopic (exact) mass is 386 g/mol. The number of rotatable bonds is 4. The van der Waals surface area contributed by atoms with E-state index in [4.69, 9.17) is 4.74 Å². The van der Waals surface area contributed by atoms with Crippen LogP contribution in [0.1, 0.15) is 23.7 Å². The highest BCUT2D eigenvalue weighted by Gasteiger charge is 2.26. The van der Waals surface area contributed by atoms with Crippen LogP contribution in [-0.2, 0) is 4.79 Å². The maximum absolute atomic E-state index is 13.1. The van der Waals surface area contributed by atoms with Crippen LogP contribution in [0, 0.1) is 5.82 Å². The SMILES string of the molecule is CC(Oc1ccc(O)cc1)C(=O)N1CCCN(C(=O)c2ccc(F)cc2)CC1. The van der Waals surface area contributed by atoms with Crippen LogP contribution in [0.2, 0.25) is 0 Å². The van der Waals surface area contributed by atoms with Crippen molar-refractivity contribution in [3.8, 4) is 11.5 Å². The van der Waals surface area contributed by atoms with Gasteiger partial charge in [0.2, 0.25) is 0 Å². The topological polar surface area (TPSA) is 70.1 Å². The van der Waals surface area contributed by atoms with Gasteiger partial charge in [0.15, 0.2) is 6.10 Å². The van der Waals surface area contributed by atoms with Crippen molar-refractivity contribution >= 4 is 11.8 Å². The predicted octanol–water partition coefficient (Wildman–Crippen LogP) is 2.67. The fraction of sp³-hybridized carbons (Fsp3) is 0.333. The van der Waals surface area contributed by atoms with Crippen molar-refractivity contribution in [2.75, 3.05) is 26.2 Å². The van der Waals surface area contributed by atoms with Gasteiger partial charge in [-0.15, -0.1) is 0 Å². The second-order valence-electron chi connectivity index (χ2n) is 6.73. The summed E-state index contributed by atoms with van der Waals surface area (Å²) in [5, 5.41) is 9.32. The van der Waals surface area contributed by atoms with E-state index in [9.17, 15) is 19.1 Å². The minimum absolute atomic E-state index is 0.129. The van der Waals surface area contributed by atoms with Crippen LogP contribution in [0.4, 0.5) is 4.39 Å². The second kappa shape index (κ2) is 8.73. The third-order valence-corrected chi connectivity index (χ3v) is 4.68. The van der Waals surface area contributed by atoms with Gasteiger partial charge in [-0.05, 0) is 61.9 Å². The minimum atomic E-state index is -0.677. The van der Waals surface area contributed by atoms with Crippen LogP contribution in [0.3, 0.4) is 0 Å². The van der Waals surface area contributed by atoms with Crippen molar-refractivity contribution in [1.29, 1.82) is 0 Å². The zero-order valence-corrected chi connectivity index (χ0v) is 15.7. The van der Waals surface area contributed by atoms with Gasteiger partial charge in [-0.3, -0.25) is 9.59 Å². The van der Waals surface area contributed by atoms with E-state index in [0.29, 0.717) is 43.9 Å². The van der Waals surface area contributed by atoms with Crippen LogP contribution >= 0.6 is 0 Å². The molecule has 7 heteroatoms. The van der Waals surface area contributed by atoms with Crippen molar-refractivity contribution in [2.24, 2.45) is 0 Å². The molecule has 3 rings (SSSR count). The Labute approximate surface area is 163 Å². The van der Waals surface area contributed by atoms with Crippen molar-refractivity contribution in [3.05, 3.63) is 59.9 Å². The highest BCUT2D eigenvalue weighted by molar-refractivity contribution is 5.94. The molecule has 0 aliphatic carbocycles. The number of carbonyl (C=O) groups excluding carboxylic acids is 2. The van der Waals surface area contributed by atoms with Gasteiger partial charge in [0.05, 0.1) is 0 Å². The van der Waals surface area contributed by atoms with Crippen LogP contribution < -0.4 is 4.74 Å². The van der Waals surface area contributed by atoms with Crippen LogP contribution in [-0.4, -0.2) is 59.0 Å². The largest absolute Gasteiger partial charge is 0.508 e. The van der Waals surface area contributed by atoms with Crippen molar-refractivity contribution < 1.29 is 23.8 Å². The molecule has 1 aliphatic rings. The molecule has 1 N–H and O–H groups in total. The normalized spacial score (nSPS) is 15.6. The standard InChI is InChI=1S/C21H23FN2O4/c1-15(28-19-9-7-18(25)8-10-19)20(26)23-11-2-12-24(14-13-23)21(27)16-3-5-17(22)6-4-16/h3-10,15,25H,2,11-14H2,1H3. The molecule has 1 saturated heterocycles. The maximum Gasteiger partial charge on any atom is 0.263 e. The molecule has 2 aromatic rings. The Morgan fingerprint density at radius 3 is 2.25 bits per heavy atom. The lowest BCUT2D eigenvalue weighted by Gasteiger charge is -2.25. The van der Waals surface area contributed by atoms with Gasteiger partial charge in [0.1, 0.15) is 17.3 Å². The van der Waals surface area contributed by atoms with Gasteiger partial charge in [-0.1, -0.05) is 0 Å². The molecular weight excluding hydrogens is 363 g/mol. The van der Waals surface area contributed by atoms with E-state index in [-0.39, 0.29) is 23.4 Å². The highest BCUT2D eigenvalue weighted by Crippen LogP contribution is 2.18. The summed E-state index contributed by atoms with van der Waals surface area (Å²) in [7, 11) is 0. The molecule has 28 heavy (non-hydrogen) atoms. The van der Waals surface area contributed by atoms with Crippen LogP contribution in [0.25, 0.3) is 0 Å². The number of phenols is 1. The lowest BCUT2D eigenvalue weighted by atomic mass is 10.2. The number of hydrogen-bond donors (Lipinski definition) is 1. The first-order valence-electron chi connectivity index (χ1n) is 9.23. The number of amides is 2. The first-order valence-corrected chi connectivity index (χ1v) is 9.23. The Morgan fingerprint density at radius 2 is 1.57 bits per heavy atom. The number of phenolic OH excluding ortho intramolecular Hbond substituents is 1. The summed E-state index contributed by atoms with van der Waals surface area (Å²) in [6, 6.07) is 11.7. The fourth-order valence-corrected chi connectivity index (χ4v) is 3.15. The summed E-state index contributed by atoms with van der Waals surface area (Å²) in [5.41, 5.74) is 0.435. The third kappa shape index (κ3) is 4.79. The predicted molar refractivity (Wildman–Crippen MR) is 102 cm³/mol. The number of hydrogen-bond acceptors (Lipinski definition) is 4. The van der Waals surface area contributed by atoms with Crippen molar-refractivity contribution in [1.82, 2.24) is 9.80 Å². The van der Waals surface area contributed by atoms with Crippen molar-refractivity contribution in [2.45, 2.75) is 19.4 Å². The first kappa shape index (κ1) is 19.7. The summed E-state index contributed by atoms with van der Waals surface area (Å²) in [5.74, 6) is -0.0648. The van der Waals surface area contributed by atoms with E-state index >= 15 is 0 Å². The Morgan fingerprint density at radius 1 is 0.964 bits per heavy atom. The number of ether oxygens (including phenoxy) is 1. The molecule has 2 aromatic carbocycles. The first-order chi connectivity index (χ1) is 13.4. The molecule has 148 valence electrons. The highest BCUT2D eigenvalue weighted by atomic mass is 19.1. The average Bonchev–Trinajstić information content (AvgIpc) is 2.95. The zero-order valence-electron chi connectivity index (χ0n) is 15.7. The zero-order chi connectivity index (χ0) is 20.1. The third-order valence-electron chi connectivity index (χ3n) is 4.68. The van der Waals surface area contributed by atoms with Crippen molar-refractivity contribution in [3.63, 3.8) is 0 Å².